The third-order valence-corrected chi connectivity index (χ3v) is 2.24. The van der Waals surface area contributed by atoms with Gasteiger partial charge >= 0.3 is 11.9 Å². The van der Waals surface area contributed by atoms with Crippen molar-refractivity contribution in [1.29, 1.82) is 0 Å². The summed E-state index contributed by atoms with van der Waals surface area (Å²) in [6, 6.07) is 3.57. The average Bonchev–Trinajstić information content (AvgIpc) is 2.16. The van der Waals surface area contributed by atoms with E-state index in [0.29, 0.717) is 0 Å². The Labute approximate surface area is 95.0 Å². The highest BCUT2D eigenvalue weighted by Gasteiger charge is 2.17. The molecule has 1 aromatic carbocycles. The van der Waals surface area contributed by atoms with Crippen LogP contribution in [-0.2, 0) is 0 Å². The number of carboxylic acid groups (broad SMARTS) is 2. The summed E-state index contributed by atoms with van der Waals surface area (Å²) in [6.07, 6.45) is 0. The van der Waals surface area contributed by atoms with Gasteiger partial charge in [-0.15, -0.1) is 23.2 Å². The summed E-state index contributed by atoms with van der Waals surface area (Å²) in [4.78, 5) is 20.4. The molecule has 0 fully saturated rings. The highest BCUT2D eigenvalue weighted by atomic mass is 35.5. The van der Waals surface area contributed by atoms with Crippen LogP contribution in [0.3, 0.4) is 0 Å². The molecule has 0 aliphatic rings. The molecule has 0 aliphatic carbocycles. The van der Waals surface area contributed by atoms with E-state index in [-0.39, 0.29) is 16.7 Å². The summed E-state index contributed by atoms with van der Waals surface area (Å²) in [6.45, 7) is 0. The molecular weight excluding hydrogens is 243 g/mol. The standard InChI is InChI=1S/C9H6Cl2O4/c10-7(11)5-2-1-4(8(12)13)3-6(5)9(14)15/h1-3,7H,(H,12,13)(H,14,15). The molecule has 0 aromatic heterocycles. The Morgan fingerprint density at radius 2 is 1.73 bits per heavy atom. The van der Waals surface area contributed by atoms with Gasteiger partial charge in [0.1, 0.15) is 4.84 Å². The molecule has 0 radical (unpaired) electrons. The van der Waals surface area contributed by atoms with Gasteiger partial charge in [-0.3, -0.25) is 0 Å². The molecule has 0 saturated carbocycles. The monoisotopic (exact) mass is 248 g/mol. The second kappa shape index (κ2) is 4.51. The number of benzene rings is 1. The summed E-state index contributed by atoms with van der Waals surface area (Å²) < 4.78 is 0. The van der Waals surface area contributed by atoms with Gasteiger partial charge in [0.2, 0.25) is 0 Å². The molecule has 0 bridgehead atoms. The molecule has 6 heteroatoms. The van der Waals surface area contributed by atoms with Crippen LogP contribution in [-0.4, -0.2) is 22.2 Å². The number of halogens is 2. The number of carbonyl (C=O) groups is 2. The Morgan fingerprint density at radius 3 is 2.13 bits per heavy atom. The molecule has 0 atom stereocenters. The van der Waals surface area contributed by atoms with E-state index in [0.717, 1.165) is 6.07 Å². The lowest BCUT2D eigenvalue weighted by Gasteiger charge is -2.07. The van der Waals surface area contributed by atoms with Crippen LogP contribution >= 0.6 is 23.2 Å². The van der Waals surface area contributed by atoms with Gasteiger partial charge in [-0.1, -0.05) is 6.07 Å². The number of hydrogen-bond acceptors (Lipinski definition) is 2. The minimum Gasteiger partial charge on any atom is -0.478 e. The molecule has 2 N–H and O–H groups in total. The molecule has 1 aromatic rings. The fourth-order valence-corrected chi connectivity index (χ4v) is 1.45. The predicted octanol–water partition coefficient (Wildman–Crippen LogP) is 2.56. The van der Waals surface area contributed by atoms with E-state index in [4.69, 9.17) is 33.4 Å². The molecule has 4 nitrogen and oxygen atoms in total. The summed E-state index contributed by atoms with van der Waals surface area (Å²) >= 11 is 11.1. The van der Waals surface area contributed by atoms with E-state index in [1.165, 1.54) is 12.1 Å². The second-order valence-electron chi connectivity index (χ2n) is 2.71. The van der Waals surface area contributed by atoms with Crippen molar-refractivity contribution in [2.45, 2.75) is 4.84 Å². The van der Waals surface area contributed by atoms with Crippen LogP contribution < -0.4 is 0 Å². The molecule has 1 rings (SSSR count). The van der Waals surface area contributed by atoms with Crippen LogP contribution in [0.1, 0.15) is 31.1 Å². The first kappa shape index (κ1) is 11.8. The molecule has 0 amide bonds. The Morgan fingerprint density at radius 1 is 1.13 bits per heavy atom. The van der Waals surface area contributed by atoms with Gasteiger partial charge in [0.15, 0.2) is 0 Å². The normalized spacial score (nSPS) is 10.3. The number of hydrogen-bond donors (Lipinski definition) is 2. The predicted molar refractivity (Wildman–Crippen MR) is 54.8 cm³/mol. The van der Waals surface area contributed by atoms with Gasteiger partial charge in [-0.2, -0.15) is 0 Å². The summed E-state index contributed by atoms with van der Waals surface area (Å²) in [5, 5.41) is 17.5. The SMILES string of the molecule is O=C(O)c1ccc(C(Cl)Cl)c(C(=O)O)c1. The van der Waals surface area contributed by atoms with Gasteiger partial charge in [-0.05, 0) is 17.7 Å². The Hall–Kier alpha value is -1.26. The van der Waals surface area contributed by atoms with E-state index < -0.39 is 16.8 Å². The van der Waals surface area contributed by atoms with Crippen molar-refractivity contribution in [3.05, 3.63) is 34.9 Å². The Kier molecular flexibility index (Phi) is 3.55. The van der Waals surface area contributed by atoms with Gasteiger partial charge in [0.25, 0.3) is 0 Å². The van der Waals surface area contributed by atoms with Gasteiger partial charge in [0.05, 0.1) is 11.1 Å². The highest BCUT2D eigenvalue weighted by Crippen LogP contribution is 2.28. The van der Waals surface area contributed by atoms with Crippen molar-refractivity contribution in [1.82, 2.24) is 0 Å². The van der Waals surface area contributed by atoms with Crippen molar-refractivity contribution < 1.29 is 19.8 Å². The maximum Gasteiger partial charge on any atom is 0.336 e. The number of carboxylic acids is 2. The molecule has 15 heavy (non-hydrogen) atoms. The maximum absolute atomic E-state index is 10.8. The Balaban J connectivity index is 3.33. The van der Waals surface area contributed by atoms with Gasteiger partial charge in [-0.25, -0.2) is 9.59 Å². The number of alkyl halides is 2. The lowest BCUT2D eigenvalue weighted by atomic mass is 10.1. The molecular formula is C9H6Cl2O4. The first-order valence-electron chi connectivity index (χ1n) is 3.82. The topological polar surface area (TPSA) is 74.6 Å². The van der Waals surface area contributed by atoms with E-state index in [2.05, 4.69) is 0 Å². The van der Waals surface area contributed by atoms with Crippen LogP contribution in [0.2, 0.25) is 0 Å². The van der Waals surface area contributed by atoms with Gasteiger partial charge in [0, 0.05) is 0 Å². The zero-order valence-corrected chi connectivity index (χ0v) is 8.79. The van der Waals surface area contributed by atoms with Crippen LogP contribution in [0.25, 0.3) is 0 Å². The highest BCUT2D eigenvalue weighted by molar-refractivity contribution is 6.44. The minimum atomic E-state index is -1.26. The van der Waals surface area contributed by atoms with E-state index in [1.54, 1.807) is 0 Å². The molecule has 0 unspecified atom stereocenters. The van der Waals surface area contributed by atoms with Gasteiger partial charge < -0.3 is 10.2 Å². The zero-order valence-electron chi connectivity index (χ0n) is 7.28. The van der Waals surface area contributed by atoms with Crippen molar-refractivity contribution in [3.63, 3.8) is 0 Å². The summed E-state index contributed by atoms with van der Waals surface area (Å²) in [5.41, 5.74) is -0.147. The van der Waals surface area contributed by atoms with Crippen LogP contribution in [0.15, 0.2) is 18.2 Å². The second-order valence-corrected chi connectivity index (χ2v) is 3.81. The number of rotatable bonds is 3. The lowest BCUT2D eigenvalue weighted by molar-refractivity contribution is 0.0695. The fourth-order valence-electron chi connectivity index (χ4n) is 1.06. The van der Waals surface area contributed by atoms with E-state index >= 15 is 0 Å². The first-order chi connectivity index (χ1) is 6.93. The zero-order chi connectivity index (χ0) is 11.6. The van der Waals surface area contributed by atoms with Crippen LogP contribution in [0.5, 0.6) is 0 Å². The average molecular weight is 249 g/mol. The van der Waals surface area contributed by atoms with E-state index in [9.17, 15) is 9.59 Å². The van der Waals surface area contributed by atoms with Crippen molar-refractivity contribution >= 4 is 35.1 Å². The molecule has 0 saturated heterocycles. The van der Waals surface area contributed by atoms with E-state index in [1.807, 2.05) is 0 Å². The lowest BCUT2D eigenvalue weighted by Crippen LogP contribution is -2.06. The quantitative estimate of drug-likeness (QED) is 0.807. The molecule has 0 spiro atoms. The largest absolute Gasteiger partial charge is 0.478 e. The van der Waals surface area contributed by atoms with Crippen LogP contribution in [0.4, 0.5) is 0 Å². The fraction of sp³-hybridized carbons (Fsp3) is 0.111. The summed E-state index contributed by atoms with van der Waals surface area (Å²) in [5.74, 6) is -2.47. The minimum absolute atomic E-state index is 0.120. The molecule has 0 aliphatic heterocycles. The summed E-state index contributed by atoms with van der Waals surface area (Å²) in [7, 11) is 0. The maximum atomic E-state index is 10.8. The van der Waals surface area contributed by atoms with Crippen molar-refractivity contribution in [2.75, 3.05) is 0 Å². The first-order valence-corrected chi connectivity index (χ1v) is 4.69. The van der Waals surface area contributed by atoms with Crippen LogP contribution in [0, 0.1) is 0 Å². The molecule has 80 valence electrons. The number of aromatic carboxylic acids is 2. The Bertz CT molecular complexity index is 415. The third-order valence-electron chi connectivity index (χ3n) is 1.77. The van der Waals surface area contributed by atoms with Crippen molar-refractivity contribution in [3.8, 4) is 0 Å². The third kappa shape index (κ3) is 2.61. The molecule has 0 heterocycles. The van der Waals surface area contributed by atoms with Crippen molar-refractivity contribution in [2.24, 2.45) is 0 Å². The smallest absolute Gasteiger partial charge is 0.336 e.